The van der Waals surface area contributed by atoms with Gasteiger partial charge in [0, 0.05) is 16.6 Å². The van der Waals surface area contributed by atoms with Crippen LogP contribution in [0.4, 0.5) is 0 Å². The molecule has 106 valence electrons. The Kier molecular flexibility index (Phi) is 5.29. The van der Waals surface area contributed by atoms with Crippen LogP contribution in [-0.4, -0.2) is 16.1 Å². The molecule has 0 amide bonds. The fourth-order valence-corrected chi connectivity index (χ4v) is 1.92. The average molecular weight is 300 g/mol. The van der Waals surface area contributed by atoms with Gasteiger partial charge >= 0.3 is 5.97 Å². The summed E-state index contributed by atoms with van der Waals surface area (Å²) in [5.41, 5.74) is 1.83. The second-order valence-corrected chi connectivity index (χ2v) is 4.83. The Hall–Kier alpha value is -2.39. The lowest BCUT2D eigenvalue weighted by Gasteiger charge is -1.95. The first-order valence-electron chi connectivity index (χ1n) is 6.41. The van der Waals surface area contributed by atoms with Crippen molar-refractivity contribution < 1.29 is 9.90 Å². The van der Waals surface area contributed by atoms with E-state index in [2.05, 4.69) is 17.1 Å². The van der Waals surface area contributed by atoms with Gasteiger partial charge in [0.05, 0.1) is 11.9 Å². The Balaban J connectivity index is 0.000000154. The van der Waals surface area contributed by atoms with E-state index in [0.717, 1.165) is 11.1 Å². The molecule has 0 saturated heterocycles. The molecule has 0 radical (unpaired) electrons. The highest BCUT2D eigenvalue weighted by atomic mass is 35.5. The number of hydrogen-bond acceptors (Lipinski definition) is 2. The number of benzene rings is 2. The average Bonchev–Trinajstić information content (AvgIpc) is 2.50. The van der Waals surface area contributed by atoms with Gasteiger partial charge in [-0.25, -0.2) is 0 Å². The number of aromatic nitrogens is 1. The molecular formula is C17H14ClNO2. The van der Waals surface area contributed by atoms with Gasteiger partial charge in [0.1, 0.15) is 0 Å². The molecule has 0 unspecified atom stereocenters. The Morgan fingerprint density at radius 1 is 1.00 bits per heavy atom. The van der Waals surface area contributed by atoms with Crippen molar-refractivity contribution in [2.75, 3.05) is 0 Å². The van der Waals surface area contributed by atoms with Crippen molar-refractivity contribution in [2.24, 2.45) is 0 Å². The van der Waals surface area contributed by atoms with Crippen LogP contribution in [0.2, 0.25) is 5.02 Å². The predicted octanol–water partition coefficient (Wildman–Crippen LogP) is 4.20. The van der Waals surface area contributed by atoms with Crippen molar-refractivity contribution in [1.82, 2.24) is 4.98 Å². The molecule has 1 aromatic heterocycles. The zero-order chi connectivity index (χ0) is 15.1. The number of nitrogens with zero attached hydrogens (tertiary/aromatic N) is 1. The standard InChI is InChI=1S/C9H7N.C8H7ClO2/c1-2-6-9-8(4-1)5-3-7-10-9;9-7-3-1-6(2-4-7)5-8(10)11/h1-7H;1-4H,5H2,(H,10,11). The quantitative estimate of drug-likeness (QED) is 0.771. The number of carboxylic acid groups (broad SMARTS) is 1. The van der Waals surface area contributed by atoms with Gasteiger partial charge in [-0.1, -0.05) is 48.0 Å². The highest BCUT2D eigenvalue weighted by Gasteiger charge is 1.98. The minimum Gasteiger partial charge on any atom is -0.481 e. The first-order valence-corrected chi connectivity index (χ1v) is 6.79. The van der Waals surface area contributed by atoms with Crippen LogP contribution in [0.15, 0.2) is 66.9 Å². The Morgan fingerprint density at radius 3 is 2.33 bits per heavy atom. The van der Waals surface area contributed by atoms with Gasteiger partial charge < -0.3 is 5.11 Å². The van der Waals surface area contributed by atoms with Crippen molar-refractivity contribution in [2.45, 2.75) is 6.42 Å². The van der Waals surface area contributed by atoms with Crippen LogP contribution >= 0.6 is 11.6 Å². The van der Waals surface area contributed by atoms with Gasteiger partial charge in [-0.05, 0) is 29.8 Å². The lowest BCUT2D eigenvalue weighted by molar-refractivity contribution is -0.136. The molecule has 3 nitrogen and oxygen atoms in total. The molecule has 0 saturated carbocycles. The molecule has 0 aliphatic rings. The van der Waals surface area contributed by atoms with Crippen molar-refractivity contribution in [3.8, 4) is 0 Å². The van der Waals surface area contributed by atoms with E-state index in [1.165, 1.54) is 5.39 Å². The molecule has 21 heavy (non-hydrogen) atoms. The number of para-hydroxylation sites is 1. The van der Waals surface area contributed by atoms with E-state index in [4.69, 9.17) is 16.7 Å². The van der Waals surface area contributed by atoms with E-state index in [9.17, 15) is 4.79 Å². The van der Waals surface area contributed by atoms with Gasteiger partial charge in [-0.15, -0.1) is 0 Å². The van der Waals surface area contributed by atoms with Crippen molar-refractivity contribution in [1.29, 1.82) is 0 Å². The summed E-state index contributed by atoms with van der Waals surface area (Å²) in [6, 6.07) is 18.9. The van der Waals surface area contributed by atoms with E-state index in [-0.39, 0.29) is 6.42 Å². The van der Waals surface area contributed by atoms with E-state index in [1.54, 1.807) is 24.3 Å². The van der Waals surface area contributed by atoms with Gasteiger partial charge in [-0.3, -0.25) is 9.78 Å². The van der Waals surface area contributed by atoms with Crippen LogP contribution in [0.25, 0.3) is 10.9 Å². The second kappa shape index (κ2) is 7.41. The van der Waals surface area contributed by atoms with E-state index in [1.807, 2.05) is 30.5 Å². The van der Waals surface area contributed by atoms with Crippen LogP contribution in [0, 0.1) is 0 Å². The molecule has 2 aromatic carbocycles. The minimum absolute atomic E-state index is 0.0527. The van der Waals surface area contributed by atoms with Crippen molar-refractivity contribution in [3.05, 3.63) is 77.4 Å². The number of pyridine rings is 1. The molecule has 0 aliphatic carbocycles. The molecule has 0 atom stereocenters. The highest BCUT2D eigenvalue weighted by molar-refractivity contribution is 6.30. The molecule has 4 heteroatoms. The third-order valence-corrected chi connectivity index (χ3v) is 3.03. The third-order valence-electron chi connectivity index (χ3n) is 2.78. The number of hydrogen-bond donors (Lipinski definition) is 1. The number of fused-ring (bicyclic) bond motifs is 1. The number of carboxylic acids is 1. The topological polar surface area (TPSA) is 50.2 Å². The van der Waals surface area contributed by atoms with Crippen molar-refractivity contribution >= 4 is 28.5 Å². The Bertz CT molecular complexity index is 661. The summed E-state index contributed by atoms with van der Waals surface area (Å²) < 4.78 is 0. The van der Waals surface area contributed by atoms with Gasteiger partial charge in [0.25, 0.3) is 0 Å². The maximum Gasteiger partial charge on any atom is 0.307 e. The molecule has 0 fully saturated rings. The van der Waals surface area contributed by atoms with Crippen LogP contribution in [0.1, 0.15) is 5.56 Å². The van der Waals surface area contributed by atoms with Gasteiger partial charge in [0.15, 0.2) is 0 Å². The molecule has 0 aliphatic heterocycles. The molecule has 3 rings (SSSR count). The number of carbonyl (C=O) groups is 1. The Morgan fingerprint density at radius 2 is 1.67 bits per heavy atom. The lowest BCUT2D eigenvalue weighted by atomic mass is 10.2. The molecule has 0 bridgehead atoms. The highest BCUT2D eigenvalue weighted by Crippen LogP contribution is 2.09. The van der Waals surface area contributed by atoms with E-state index < -0.39 is 5.97 Å². The molecule has 3 aromatic rings. The number of aliphatic carboxylic acids is 1. The summed E-state index contributed by atoms with van der Waals surface area (Å²) in [7, 11) is 0. The largest absolute Gasteiger partial charge is 0.481 e. The first kappa shape index (κ1) is 15.0. The number of halogens is 1. The zero-order valence-corrected chi connectivity index (χ0v) is 12.0. The predicted molar refractivity (Wildman–Crippen MR) is 84.5 cm³/mol. The smallest absolute Gasteiger partial charge is 0.307 e. The van der Waals surface area contributed by atoms with Gasteiger partial charge in [0.2, 0.25) is 0 Å². The second-order valence-electron chi connectivity index (χ2n) is 4.39. The Labute approximate surface area is 127 Å². The van der Waals surface area contributed by atoms with Crippen molar-refractivity contribution in [3.63, 3.8) is 0 Å². The first-order chi connectivity index (χ1) is 10.1. The maximum absolute atomic E-state index is 10.2. The van der Waals surface area contributed by atoms with Crippen LogP contribution < -0.4 is 0 Å². The van der Waals surface area contributed by atoms with Crippen LogP contribution in [0.3, 0.4) is 0 Å². The zero-order valence-electron chi connectivity index (χ0n) is 11.2. The molecule has 1 N–H and O–H groups in total. The summed E-state index contributed by atoms with van der Waals surface area (Å²) in [6.07, 6.45) is 1.86. The summed E-state index contributed by atoms with van der Waals surface area (Å²) >= 11 is 5.60. The molecular weight excluding hydrogens is 286 g/mol. The fourth-order valence-electron chi connectivity index (χ4n) is 1.79. The van der Waals surface area contributed by atoms with E-state index in [0.29, 0.717) is 5.02 Å². The molecule has 0 spiro atoms. The summed E-state index contributed by atoms with van der Waals surface area (Å²) in [6.45, 7) is 0. The lowest BCUT2D eigenvalue weighted by Crippen LogP contribution is -1.99. The summed E-state index contributed by atoms with van der Waals surface area (Å²) in [5.74, 6) is -0.827. The summed E-state index contributed by atoms with van der Waals surface area (Å²) in [4.78, 5) is 14.4. The third kappa shape index (κ3) is 4.89. The fraction of sp³-hybridized carbons (Fsp3) is 0.0588. The number of rotatable bonds is 2. The van der Waals surface area contributed by atoms with Gasteiger partial charge in [-0.2, -0.15) is 0 Å². The maximum atomic E-state index is 10.2. The van der Waals surface area contributed by atoms with Crippen LogP contribution in [-0.2, 0) is 11.2 Å². The SMILES string of the molecule is O=C(O)Cc1ccc(Cl)cc1.c1ccc2ncccc2c1. The van der Waals surface area contributed by atoms with E-state index >= 15 is 0 Å². The molecule has 1 heterocycles. The monoisotopic (exact) mass is 299 g/mol. The van der Waals surface area contributed by atoms with Crippen LogP contribution in [0.5, 0.6) is 0 Å². The normalized spacial score (nSPS) is 9.76. The minimum atomic E-state index is -0.827. The summed E-state index contributed by atoms with van der Waals surface area (Å²) in [5, 5.41) is 10.2.